The molecule has 1 aliphatic rings. The van der Waals surface area contributed by atoms with Crippen LogP contribution < -0.4 is 0 Å². The second kappa shape index (κ2) is 9.91. The van der Waals surface area contributed by atoms with Gasteiger partial charge in [0.05, 0.1) is 0 Å². The molecule has 0 spiro atoms. The molecule has 0 unspecified atom stereocenters. The molecule has 0 bridgehead atoms. The van der Waals surface area contributed by atoms with Crippen molar-refractivity contribution in [1.29, 1.82) is 0 Å². The van der Waals surface area contributed by atoms with Gasteiger partial charge in [0.15, 0.2) is 0 Å². The second-order valence-corrected chi connectivity index (χ2v) is 20.5. The van der Waals surface area contributed by atoms with E-state index in [1.807, 2.05) is 3.59 Å². The monoisotopic (exact) mass is 420 g/mol. The van der Waals surface area contributed by atoms with E-state index in [0.717, 1.165) is 0 Å². The van der Waals surface area contributed by atoms with E-state index in [1.165, 1.54) is 51.4 Å². The Morgan fingerprint density at radius 3 is 1.96 bits per heavy atom. The summed E-state index contributed by atoms with van der Waals surface area (Å²) in [5.41, 5.74) is 3.30. The molecule has 1 aromatic rings. The third-order valence-corrected chi connectivity index (χ3v) is 21.5. The van der Waals surface area contributed by atoms with Crippen molar-refractivity contribution in [3.05, 3.63) is 41.5 Å². The van der Waals surface area contributed by atoms with Gasteiger partial charge in [-0.3, -0.25) is 0 Å². The molecule has 0 nitrogen and oxygen atoms in total. The Kier molecular flexibility index (Phi) is 8.23. The molecule has 0 N–H and O–H groups in total. The van der Waals surface area contributed by atoms with Crippen LogP contribution in [0.1, 0.15) is 76.8 Å². The fraction of sp³-hybridized carbons (Fsp3) is 0.636. The van der Waals surface area contributed by atoms with E-state index in [-0.39, 0.29) is 0 Å². The molecule has 1 aliphatic carbocycles. The van der Waals surface area contributed by atoms with E-state index in [9.17, 15) is 0 Å². The van der Waals surface area contributed by atoms with Gasteiger partial charge in [-0.05, 0) is 0 Å². The Morgan fingerprint density at radius 1 is 0.826 bits per heavy atom. The van der Waals surface area contributed by atoms with Crippen molar-refractivity contribution < 1.29 is 0 Å². The molecular weight excluding hydrogens is 383 g/mol. The first-order chi connectivity index (χ1) is 11.3. The predicted molar refractivity (Wildman–Crippen MR) is 108 cm³/mol. The van der Waals surface area contributed by atoms with Crippen LogP contribution in [0.2, 0.25) is 13.3 Å². The van der Waals surface area contributed by atoms with Crippen LogP contribution in [0.5, 0.6) is 0 Å². The van der Waals surface area contributed by atoms with Crippen LogP contribution in [0.25, 0.3) is 3.59 Å². The van der Waals surface area contributed by atoms with Gasteiger partial charge in [-0.1, -0.05) is 0 Å². The average Bonchev–Trinajstić information content (AvgIpc) is 2.61. The first-order valence-corrected chi connectivity index (χ1v) is 17.5. The first kappa shape index (κ1) is 19.1. The quantitative estimate of drug-likeness (QED) is 0.347. The zero-order valence-electron chi connectivity index (χ0n) is 15.7. The Hall–Kier alpha value is -0.241. The number of fused-ring (bicyclic) bond motifs is 1. The first-order valence-electron chi connectivity index (χ1n) is 10.1. The number of aryl methyl sites for hydroxylation is 1. The van der Waals surface area contributed by atoms with Crippen molar-refractivity contribution in [2.75, 3.05) is 0 Å². The van der Waals surface area contributed by atoms with Gasteiger partial charge < -0.3 is 0 Å². The summed E-state index contributed by atoms with van der Waals surface area (Å²) >= 11 is -2.26. The van der Waals surface area contributed by atoms with Gasteiger partial charge in [-0.2, -0.15) is 0 Å². The van der Waals surface area contributed by atoms with Crippen LogP contribution in [0.4, 0.5) is 0 Å². The van der Waals surface area contributed by atoms with Gasteiger partial charge in [0.25, 0.3) is 0 Å². The number of hydrogen-bond acceptors (Lipinski definition) is 0. The van der Waals surface area contributed by atoms with Crippen molar-refractivity contribution in [1.82, 2.24) is 0 Å². The summed E-state index contributed by atoms with van der Waals surface area (Å²) in [5.74, 6) is 0. The van der Waals surface area contributed by atoms with Crippen molar-refractivity contribution in [2.45, 2.75) is 85.4 Å². The summed E-state index contributed by atoms with van der Waals surface area (Å²) < 4.78 is 6.68. The van der Waals surface area contributed by atoms with Crippen LogP contribution in [0, 0.1) is 0 Å². The molecule has 128 valence electrons. The van der Waals surface area contributed by atoms with Gasteiger partial charge in [0, 0.05) is 0 Å². The van der Waals surface area contributed by atoms with Crippen LogP contribution in [0.3, 0.4) is 0 Å². The molecule has 0 aromatic heterocycles. The molecule has 0 heterocycles. The fourth-order valence-electron chi connectivity index (χ4n) is 4.31. The number of rotatable bonds is 10. The van der Waals surface area contributed by atoms with Crippen LogP contribution in [0.15, 0.2) is 30.3 Å². The molecule has 1 aromatic carbocycles. The average molecular weight is 419 g/mol. The number of hydrogen-bond donors (Lipinski definition) is 0. The number of unbranched alkanes of at least 4 members (excludes halogenated alkanes) is 3. The minimum atomic E-state index is -2.26. The van der Waals surface area contributed by atoms with E-state index in [0.29, 0.717) is 0 Å². The van der Waals surface area contributed by atoms with Gasteiger partial charge in [-0.15, -0.1) is 0 Å². The molecule has 2 rings (SSSR count). The van der Waals surface area contributed by atoms with E-state index in [4.69, 9.17) is 0 Å². The summed E-state index contributed by atoms with van der Waals surface area (Å²) in [6.07, 6.45) is 13.7. The van der Waals surface area contributed by atoms with E-state index in [2.05, 4.69) is 51.1 Å². The summed E-state index contributed by atoms with van der Waals surface area (Å²) in [6, 6.07) is 9.34. The molecule has 0 atom stereocenters. The van der Waals surface area contributed by atoms with Crippen molar-refractivity contribution in [2.24, 2.45) is 0 Å². The maximum absolute atomic E-state index is 2.69. The van der Waals surface area contributed by atoms with Crippen LogP contribution in [-0.2, 0) is 6.42 Å². The van der Waals surface area contributed by atoms with Gasteiger partial charge in [0.2, 0.25) is 0 Å². The maximum atomic E-state index is 2.69. The van der Waals surface area contributed by atoms with Crippen molar-refractivity contribution >= 4 is 22.0 Å². The van der Waals surface area contributed by atoms with Gasteiger partial charge in [0.1, 0.15) is 0 Å². The molecule has 0 saturated heterocycles. The second-order valence-electron chi connectivity index (χ2n) is 7.40. The summed E-state index contributed by atoms with van der Waals surface area (Å²) in [7, 11) is 0. The molecule has 23 heavy (non-hydrogen) atoms. The SMILES string of the molecule is CCC[CH2][Sn]([CH2]CCC)([CH2]CCC)[C]1=CCCc2ccccc21. The van der Waals surface area contributed by atoms with E-state index < -0.39 is 18.4 Å². The predicted octanol–water partition coefficient (Wildman–Crippen LogP) is 7.40. The third-order valence-electron chi connectivity index (χ3n) is 5.67. The Balaban J connectivity index is 2.39. The summed E-state index contributed by atoms with van der Waals surface area (Å²) in [4.78, 5) is 0. The fourth-order valence-corrected chi connectivity index (χ4v) is 21.6. The molecule has 0 radical (unpaired) electrons. The standard InChI is InChI=1S/C10H9.3C4H9.Sn/c1-2-6-10-8-4-3-7-9(10)5-1;3*1-3-4-2;/h1-3,5-6H,4,8H2;3*1,3-4H2,2H3;. The molecule has 0 aliphatic heterocycles. The molecule has 0 fully saturated rings. The van der Waals surface area contributed by atoms with E-state index >= 15 is 0 Å². The van der Waals surface area contributed by atoms with Gasteiger partial charge in [-0.25, -0.2) is 0 Å². The van der Waals surface area contributed by atoms with Crippen molar-refractivity contribution in [3.8, 4) is 0 Å². The molecule has 0 saturated carbocycles. The zero-order valence-corrected chi connectivity index (χ0v) is 18.5. The summed E-state index contributed by atoms with van der Waals surface area (Å²) in [5, 5.41) is 0. The number of allylic oxidation sites excluding steroid dienone is 1. The summed E-state index contributed by atoms with van der Waals surface area (Å²) in [6.45, 7) is 7.12. The van der Waals surface area contributed by atoms with Crippen LogP contribution in [-0.4, -0.2) is 18.4 Å². The van der Waals surface area contributed by atoms with Gasteiger partial charge >= 0.3 is 149 Å². The third kappa shape index (κ3) is 4.87. The normalized spacial score (nSPS) is 14.5. The number of benzene rings is 1. The van der Waals surface area contributed by atoms with E-state index in [1.54, 1.807) is 24.4 Å². The van der Waals surface area contributed by atoms with Crippen LogP contribution >= 0.6 is 0 Å². The minimum absolute atomic E-state index is 1.26. The topological polar surface area (TPSA) is 0 Å². The zero-order chi connectivity index (χ0) is 16.5. The Bertz CT molecular complexity index is 479. The molecule has 0 amide bonds. The molecular formula is C22H36Sn. The Morgan fingerprint density at radius 2 is 1.39 bits per heavy atom. The van der Waals surface area contributed by atoms with Crippen molar-refractivity contribution in [3.63, 3.8) is 0 Å². The Labute approximate surface area is 148 Å². The molecule has 1 heteroatoms.